The van der Waals surface area contributed by atoms with E-state index in [0.29, 0.717) is 0 Å². The molecule has 0 bridgehead atoms. The fourth-order valence-corrected chi connectivity index (χ4v) is 35.6. The Hall–Kier alpha value is 1.50. The lowest BCUT2D eigenvalue weighted by molar-refractivity contribution is -0.132. The minimum absolute atomic E-state index is 0.130. The van der Waals surface area contributed by atoms with Crippen molar-refractivity contribution in [2.75, 3.05) is 0 Å². The van der Waals surface area contributed by atoms with Crippen LogP contribution in [0.25, 0.3) is 0 Å². The van der Waals surface area contributed by atoms with E-state index in [9.17, 15) is 35.9 Å². The number of halogens is 7. The highest BCUT2D eigenvalue weighted by Crippen LogP contribution is 2.32. The third-order valence-electron chi connectivity index (χ3n) is 4.62. The quantitative estimate of drug-likeness (QED) is 0.0915. The van der Waals surface area contributed by atoms with Crippen molar-refractivity contribution in [2.24, 2.45) is 0 Å². The molecule has 0 aromatic heterocycles. The van der Waals surface area contributed by atoms with E-state index in [1.807, 2.05) is 52.4 Å². The van der Waals surface area contributed by atoms with Crippen LogP contribution in [0.4, 0.5) is 26.3 Å². The first-order valence-electron chi connectivity index (χ1n) is 15.2. The van der Waals surface area contributed by atoms with Crippen molar-refractivity contribution in [3.63, 3.8) is 0 Å². The lowest BCUT2D eigenvalue weighted by atomic mass is 10.5. The number of rotatable bonds is 16. The summed E-state index contributed by atoms with van der Waals surface area (Å²) in [6.07, 6.45) is -10.5. The highest BCUT2D eigenvalue weighted by atomic mass is 35.6. The highest BCUT2D eigenvalue weighted by Gasteiger charge is 2.48. The summed E-state index contributed by atoms with van der Waals surface area (Å²) in [6.45, 7) is 28.8. The number of hydrogen-bond acceptors (Lipinski definition) is 8. The van der Waals surface area contributed by atoms with Crippen LogP contribution in [-0.4, -0.2) is 99.5 Å². The van der Waals surface area contributed by atoms with Gasteiger partial charge in [-0.1, -0.05) is 13.1 Å². The maximum absolute atomic E-state index is 12.8. The Balaban J connectivity index is -0.000000741. The Bertz CT molecular complexity index is 802. The van der Waals surface area contributed by atoms with Crippen molar-refractivity contribution in [3.8, 4) is 0 Å². The first-order chi connectivity index (χ1) is 19.8. The Kier molecular flexibility index (Phi) is 23.1. The molecule has 0 heterocycles. The van der Waals surface area contributed by atoms with Crippen LogP contribution in [0.1, 0.15) is 12.8 Å². The van der Waals surface area contributed by atoms with Gasteiger partial charge in [-0.3, -0.25) is 0 Å². The van der Waals surface area contributed by atoms with Crippen LogP contribution in [0, 0.1) is 0 Å². The van der Waals surface area contributed by atoms with Crippen molar-refractivity contribution < 1.29 is 60.6 Å². The zero-order valence-corrected chi connectivity index (χ0v) is 40.8. The molecule has 0 aromatic carbocycles. The van der Waals surface area contributed by atoms with Crippen LogP contribution < -0.4 is 0 Å². The lowest BCUT2D eigenvalue weighted by Gasteiger charge is -2.41. The van der Waals surface area contributed by atoms with E-state index >= 15 is 0 Å². The topological polar surface area (TPSA) is 95.8 Å². The molecule has 282 valence electrons. The van der Waals surface area contributed by atoms with Gasteiger partial charge in [0.25, 0.3) is 0 Å². The van der Waals surface area contributed by atoms with E-state index in [-0.39, 0.29) is 12.1 Å². The molecule has 24 heteroatoms. The predicted octanol–water partition coefficient (Wildman–Crippen LogP) is 8.09. The van der Waals surface area contributed by atoms with Crippen molar-refractivity contribution in [2.45, 2.75) is 142 Å². The molecule has 0 saturated carbocycles. The van der Waals surface area contributed by atoms with E-state index in [2.05, 4.69) is 13.1 Å². The van der Waals surface area contributed by atoms with Crippen LogP contribution in [0.5, 0.6) is 0 Å². The van der Waals surface area contributed by atoms with Gasteiger partial charge >= 0.3 is 63.7 Å². The monoisotopic (exact) mass is 854 g/mol. The Morgan fingerprint density at radius 1 is 0.522 bits per heavy atom. The maximum atomic E-state index is 12.8. The van der Waals surface area contributed by atoms with Crippen molar-refractivity contribution in [3.05, 3.63) is 0 Å². The van der Waals surface area contributed by atoms with Gasteiger partial charge < -0.3 is 34.3 Å². The summed E-state index contributed by atoms with van der Waals surface area (Å²) in [5.74, 6) is 0. The normalized spacial score (nSPS) is 14.3. The van der Waals surface area contributed by atoms with E-state index < -0.39 is 103 Å². The molecule has 0 aliphatic carbocycles. The Morgan fingerprint density at radius 3 is 0.913 bits per heavy atom. The second-order valence-corrected chi connectivity index (χ2v) is 44.9. The van der Waals surface area contributed by atoms with Crippen LogP contribution in [0.3, 0.4) is 0 Å². The zero-order chi connectivity index (χ0) is 37.8. The molecule has 0 atom stereocenters. The van der Waals surface area contributed by atoms with Gasteiger partial charge in [-0.25, -0.2) is 0 Å². The average molecular weight is 856 g/mol. The third kappa shape index (κ3) is 36.8. The Morgan fingerprint density at radius 2 is 0.739 bits per heavy atom. The van der Waals surface area contributed by atoms with Gasteiger partial charge in [-0.15, -0.1) is 0 Å². The molecule has 0 unspecified atom stereocenters. The van der Waals surface area contributed by atoms with Gasteiger partial charge in [-0.2, -0.15) is 37.4 Å². The van der Waals surface area contributed by atoms with E-state index in [0.717, 1.165) is 0 Å². The van der Waals surface area contributed by atoms with Gasteiger partial charge in [0.2, 0.25) is 0 Å². The summed E-state index contributed by atoms with van der Waals surface area (Å²) in [7, 11) is -20.7. The molecule has 0 saturated heterocycles. The average Bonchev–Trinajstić information content (AvgIpc) is 2.64. The summed E-state index contributed by atoms with van der Waals surface area (Å²) in [5, 5.41) is 0. The predicted molar refractivity (Wildman–Crippen MR) is 198 cm³/mol. The van der Waals surface area contributed by atoms with Gasteiger partial charge in [0.05, 0.1) is 0 Å². The molecule has 0 aliphatic heterocycles. The standard InChI is InChI=1S/C12H33F3O4Si5.C8H21F3O4Si3.C2H7ClSi/c1-20(2)16-22(5,6)18-24(9,11-10-12(13,14)15)19-23(7,8)17-21(3)4;1-16(2,12)14-18(5,15-17(3,4)13)7-6-8(9,10)11;1-4(2)3/h20-21H,10-11H2,1-9H3;12-13H,6-7H2,1-5H3;4H,1-2H3. The number of alkyl halides is 6. The molecule has 0 aromatic rings. The second-order valence-electron chi connectivity index (χ2n) is 13.9. The largest absolute Gasteiger partial charge is 0.440 e. The lowest BCUT2D eigenvalue weighted by Crippen LogP contribution is -2.57. The SMILES string of the molecule is C[SiH](C)Cl.C[SiH](C)O[Si](C)(C)O[Si](C)(CCC(F)(F)F)O[Si](C)(C)O[SiH](C)C.C[Si](C)(O)O[Si](C)(CCC(F)(F)F)O[Si](C)(C)O. The summed E-state index contributed by atoms with van der Waals surface area (Å²) in [6, 6.07) is -0.458. The molecule has 0 aliphatic rings. The van der Waals surface area contributed by atoms with Crippen molar-refractivity contribution >= 4 is 88.6 Å². The van der Waals surface area contributed by atoms with Crippen LogP contribution >= 0.6 is 11.1 Å². The van der Waals surface area contributed by atoms with Crippen LogP contribution in [0.2, 0.25) is 117 Å². The molecule has 0 spiro atoms. The van der Waals surface area contributed by atoms with Crippen LogP contribution in [-0.2, 0) is 24.7 Å². The first kappa shape index (κ1) is 51.9. The Labute approximate surface area is 290 Å². The summed E-state index contributed by atoms with van der Waals surface area (Å²) in [5.41, 5.74) is 0. The summed E-state index contributed by atoms with van der Waals surface area (Å²) in [4.78, 5) is 19.4. The van der Waals surface area contributed by atoms with Gasteiger partial charge in [-0.05, 0) is 104 Å². The van der Waals surface area contributed by atoms with E-state index in [1.54, 1.807) is 6.55 Å². The molecular formula is C22H61ClF6O8Si9. The van der Waals surface area contributed by atoms with E-state index in [1.165, 1.54) is 32.7 Å². The molecule has 0 amide bonds. The van der Waals surface area contributed by atoms with Crippen LogP contribution in [0.15, 0.2) is 0 Å². The highest BCUT2D eigenvalue weighted by molar-refractivity contribution is 7.05. The maximum Gasteiger partial charge on any atom is 0.389 e. The molecule has 2 N–H and O–H groups in total. The first-order valence-corrected chi connectivity index (χ1v) is 41.2. The minimum Gasteiger partial charge on any atom is -0.440 e. The molecule has 46 heavy (non-hydrogen) atoms. The fraction of sp³-hybridized carbons (Fsp3) is 1.00. The van der Waals surface area contributed by atoms with Gasteiger partial charge in [0, 0.05) is 12.8 Å². The second kappa shape index (κ2) is 20.5. The molecule has 0 fully saturated rings. The molecule has 0 radical (unpaired) electrons. The third-order valence-corrected chi connectivity index (χ3v) is 30.1. The van der Waals surface area contributed by atoms with Gasteiger partial charge in [0.15, 0.2) is 18.1 Å². The van der Waals surface area contributed by atoms with Crippen molar-refractivity contribution in [1.29, 1.82) is 0 Å². The smallest absolute Gasteiger partial charge is 0.389 e. The minimum atomic E-state index is -4.30. The van der Waals surface area contributed by atoms with Gasteiger partial charge in [0.1, 0.15) is 8.11 Å². The molecular weight excluding hydrogens is 794 g/mol. The van der Waals surface area contributed by atoms with Crippen molar-refractivity contribution in [1.82, 2.24) is 0 Å². The molecule has 8 nitrogen and oxygen atoms in total. The zero-order valence-electron chi connectivity index (χ0n) is 30.6. The summed E-state index contributed by atoms with van der Waals surface area (Å²) >= 11 is 5.41. The fourth-order valence-electron chi connectivity index (χ4n) is 4.26. The molecule has 0 rings (SSSR count). The van der Waals surface area contributed by atoms with E-state index in [4.69, 9.17) is 35.8 Å². The number of hydrogen-bond donors (Lipinski definition) is 2. The summed E-state index contributed by atoms with van der Waals surface area (Å²) < 4.78 is 110.